The van der Waals surface area contributed by atoms with Gasteiger partial charge in [0, 0.05) is 19.3 Å². The molecule has 448 valence electrons. The lowest BCUT2D eigenvalue weighted by Crippen LogP contribution is -2.30. The van der Waals surface area contributed by atoms with Crippen LogP contribution in [0.25, 0.3) is 0 Å². The van der Waals surface area contributed by atoms with Gasteiger partial charge in [0.1, 0.15) is 13.2 Å². The zero-order valence-electron chi connectivity index (χ0n) is 51.5. The molecule has 0 aromatic heterocycles. The highest BCUT2D eigenvalue weighted by atomic mass is 16.6. The minimum Gasteiger partial charge on any atom is -0.462 e. The first-order valence-corrected chi connectivity index (χ1v) is 33.8. The molecule has 0 fully saturated rings. The van der Waals surface area contributed by atoms with Gasteiger partial charge in [-0.2, -0.15) is 0 Å². The van der Waals surface area contributed by atoms with E-state index < -0.39 is 6.10 Å². The van der Waals surface area contributed by atoms with Gasteiger partial charge in [-0.25, -0.2) is 0 Å². The summed E-state index contributed by atoms with van der Waals surface area (Å²) in [6, 6.07) is 0. The van der Waals surface area contributed by atoms with Crippen LogP contribution in [0.15, 0.2) is 60.8 Å². The van der Waals surface area contributed by atoms with E-state index in [1.54, 1.807) is 0 Å². The van der Waals surface area contributed by atoms with E-state index in [4.69, 9.17) is 14.2 Å². The SMILES string of the molecule is CC/C=C\C/C=C\C/C=C\CCCCCCCCCC(=O)OC(COC(=O)CCCCCCCCCCCCCCC/C=C\C/C=C\CCCCCCC)COC(=O)CCCCCCCCCCCCCCCCCCC. The molecule has 0 amide bonds. The molecular weight excluding hydrogens is 949 g/mol. The maximum Gasteiger partial charge on any atom is 0.306 e. The number of esters is 3. The van der Waals surface area contributed by atoms with Crippen molar-refractivity contribution >= 4 is 17.9 Å². The van der Waals surface area contributed by atoms with Crippen molar-refractivity contribution in [1.29, 1.82) is 0 Å². The van der Waals surface area contributed by atoms with Gasteiger partial charge in [0.15, 0.2) is 6.10 Å². The summed E-state index contributed by atoms with van der Waals surface area (Å²) in [7, 11) is 0. The molecule has 0 aromatic carbocycles. The quantitative estimate of drug-likeness (QED) is 0.0261. The van der Waals surface area contributed by atoms with E-state index in [-0.39, 0.29) is 31.1 Å². The first kappa shape index (κ1) is 74.1. The number of ether oxygens (including phenoxy) is 3. The Labute approximate surface area is 479 Å². The maximum absolute atomic E-state index is 12.9. The number of carbonyl (C=O) groups excluding carboxylic acids is 3. The minimum atomic E-state index is -0.779. The highest BCUT2D eigenvalue weighted by molar-refractivity contribution is 5.71. The summed E-state index contributed by atoms with van der Waals surface area (Å²) >= 11 is 0. The van der Waals surface area contributed by atoms with Crippen LogP contribution in [0.4, 0.5) is 0 Å². The van der Waals surface area contributed by atoms with Crippen LogP contribution >= 0.6 is 0 Å². The second-order valence-corrected chi connectivity index (χ2v) is 22.7. The molecule has 77 heavy (non-hydrogen) atoms. The zero-order valence-corrected chi connectivity index (χ0v) is 51.5. The Morgan fingerprint density at radius 1 is 0.273 bits per heavy atom. The monoisotopic (exact) mass is 1080 g/mol. The summed E-state index contributed by atoms with van der Waals surface area (Å²) in [5.74, 6) is -0.863. The number of unbranched alkanes of at least 4 members (excludes halogenated alkanes) is 41. The van der Waals surface area contributed by atoms with Crippen LogP contribution in [-0.2, 0) is 28.6 Å². The van der Waals surface area contributed by atoms with E-state index in [1.165, 1.54) is 225 Å². The highest BCUT2D eigenvalue weighted by Gasteiger charge is 2.19. The van der Waals surface area contributed by atoms with E-state index in [0.717, 1.165) is 89.9 Å². The van der Waals surface area contributed by atoms with Crippen molar-refractivity contribution in [3.8, 4) is 0 Å². The Morgan fingerprint density at radius 2 is 0.506 bits per heavy atom. The summed E-state index contributed by atoms with van der Waals surface area (Å²) < 4.78 is 17.0. The van der Waals surface area contributed by atoms with Crippen LogP contribution in [0.5, 0.6) is 0 Å². The summed E-state index contributed by atoms with van der Waals surface area (Å²) in [6.07, 6.45) is 83.8. The fourth-order valence-electron chi connectivity index (χ4n) is 9.96. The molecule has 0 saturated carbocycles. The predicted molar refractivity (Wildman–Crippen MR) is 335 cm³/mol. The molecule has 0 heterocycles. The lowest BCUT2D eigenvalue weighted by atomic mass is 10.0. The van der Waals surface area contributed by atoms with Crippen molar-refractivity contribution < 1.29 is 28.6 Å². The van der Waals surface area contributed by atoms with Crippen molar-refractivity contribution in [3.63, 3.8) is 0 Å². The fourth-order valence-corrected chi connectivity index (χ4v) is 9.96. The van der Waals surface area contributed by atoms with E-state index in [1.807, 2.05) is 0 Å². The third kappa shape index (κ3) is 63.8. The average Bonchev–Trinajstić information content (AvgIpc) is 3.43. The Kier molecular flexibility index (Phi) is 63.2. The Hall–Kier alpha value is -2.89. The standard InChI is InChI=1S/C71H128O6/c1-4-7-10-13-16-19-22-25-28-31-32-33-34-35-36-37-38-41-43-46-49-52-55-58-61-64-70(73)76-67-68(77-71(74)65-62-59-56-53-50-47-44-40-30-27-24-21-18-15-12-9-6-3)66-75-69(72)63-60-57-54-51-48-45-42-39-29-26-23-20-17-14-11-8-5-2/h9,12,18,21-22,25,27,30-32,68H,4-8,10-11,13-17,19-20,23-24,26,28-29,33-67H2,1-3H3/b12-9-,21-18-,25-22-,30-27-,32-31-. The Balaban J connectivity index is 4.30. The summed E-state index contributed by atoms with van der Waals surface area (Å²) in [5.41, 5.74) is 0. The molecule has 0 rings (SSSR count). The lowest BCUT2D eigenvalue weighted by molar-refractivity contribution is -0.167. The number of carbonyl (C=O) groups is 3. The van der Waals surface area contributed by atoms with Gasteiger partial charge in [-0.3, -0.25) is 14.4 Å². The number of hydrogen-bond acceptors (Lipinski definition) is 6. The molecule has 0 aliphatic rings. The highest BCUT2D eigenvalue weighted by Crippen LogP contribution is 2.18. The van der Waals surface area contributed by atoms with Gasteiger partial charge in [0.05, 0.1) is 0 Å². The average molecular weight is 1080 g/mol. The molecule has 0 aliphatic carbocycles. The van der Waals surface area contributed by atoms with Crippen LogP contribution in [-0.4, -0.2) is 37.2 Å². The first-order valence-electron chi connectivity index (χ1n) is 33.8. The summed E-state index contributed by atoms with van der Waals surface area (Å²) in [4.78, 5) is 38.4. The first-order chi connectivity index (χ1) is 38.0. The van der Waals surface area contributed by atoms with Crippen LogP contribution in [0.2, 0.25) is 0 Å². The molecule has 0 bridgehead atoms. The third-order valence-electron chi connectivity index (χ3n) is 15.0. The summed E-state index contributed by atoms with van der Waals surface area (Å²) in [5, 5.41) is 0. The van der Waals surface area contributed by atoms with Crippen molar-refractivity contribution in [2.45, 2.75) is 361 Å². The van der Waals surface area contributed by atoms with E-state index >= 15 is 0 Å². The third-order valence-corrected chi connectivity index (χ3v) is 15.0. The van der Waals surface area contributed by atoms with Gasteiger partial charge >= 0.3 is 17.9 Å². The lowest BCUT2D eigenvalue weighted by Gasteiger charge is -2.18. The molecule has 0 aliphatic heterocycles. The molecule has 1 unspecified atom stereocenters. The van der Waals surface area contributed by atoms with Gasteiger partial charge in [-0.1, -0.05) is 313 Å². The molecule has 0 spiro atoms. The number of hydrogen-bond donors (Lipinski definition) is 0. The van der Waals surface area contributed by atoms with E-state index in [2.05, 4.69) is 81.5 Å². The molecule has 0 radical (unpaired) electrons. The normalized spacial score (nSPS) is 12.4. The van der Waals surface area contributed by atoms with Crippen LogP contribution in [0, 0.1) is 0 Å². The van der Waals surface area contributed by atoms with E-state index in [0.29, 0.717) is 19.3 Å². The van der Waals surface area contributed by atoms with E-state index in [9.17, 15) is 14.4 Å². The Bertz CT molecular complexity index is 1380. The summed E-state index contributed by atoms with van der Waals surface area (Å²) in [6.45, 7) is 6.57. The van der Waals surface area contributed by atoms with Gasteiger partial charge in [0.2, 0.25) is 0 Å². The van der Waals surface area contributed by atoms with Crippen LogP contribution < -0.4 is 0 Å². The van der Waals surface area contributed by atoms with Gasteiger partial charge < -0.3 is 14.2 Å². The van der Waals surface area contributed by atoms with Gasteiger partial charge in [-0.15, -0.1) is 0 Å². The number of allylic oxidation sites excluding steroid dienone is 10. The van der Waals surface area contributed by atoms with Crippen LogP contribution in [0.3, 0.4) is 0 Å². The predicted octanol–water partition coefficient (Wildman–Crippen LogP) is 23.1. The molecule has 0 aromatic rings. The number of rotatable bonds is 62. The smallest absolute Gasteiger partial charge is 0.306 e. The fraction of sp³-hybridized carbons (Fsp3) is 0.817. The largest absolute Gasteiger partial charge is 0.462 e. The topological polar surface area (TPSA) is 78.9 Å². The second-order valence-electron chi connectivity index (χ2n) is 22.7. The zero-order chi connectivity index (χ0) is 55.7. The second kappa shape index (κ2) is 65.6. The maximum atomic E-state index is 12.9. The van der Waals surface area contributed by atoms with Crippen LogP contribution in [0.1, 0.15) is 355 Å². The Morgan fingerprint density at radius 3 is 0.792 bits per heavy atom. The molecular formula is C71H128O6. The van der Waals surface area contributed by atoms with Crippen molar-refractivity contribution in [2.24, 2.45) is 0 Å². The molecule has 0 saturated heterocycles. The van der Waals surface area contributed by atoms with Crippen molar-refractivity contribution in [3.05, 3.63) is 60.8 Å². The molecule has 6 heteroatoms. The van der Waals surface area contributed by atoms with Crippen molar-refractivity contribution in [2.75, 3.05) is 13.2 Å². The van der Waals surface area contributed by atoms with Gasteiger partial charge in [-0.05, 0) is 83.5 Å². The minimum absolute atomic E-state index is 0.0744. The molecule has 0 N–H and O–H groups in total. The molecule has 1 atom stereocenters. The van der Waals surface area contributed by atoms with Crippen molar-refractivity contribution in [1.82, 2.24) is 0 Å². The molecule has 6 nitrogen and oxygen atoms in total. The van der Waals surface area contributed by atoms with Gasteiger partial charge in [0.25, 0.3) is 0 Å².